The van der Waals surface area contributed by atoms with Crippen LogP contribution in [-0.4, -0.2) is 19.4 Å². The summed E-state index contributed by atoms with van der Waals surface area (Å²) in [5, 5.41) is 0. The molecule has 0 radical (unpaired) electrons. The number of ketones is 1. The third-order valence-electron chi connectivity index (χ3n) is 2.17. The van der Waals surface area contributed by atoms with Gasteiger partial charge in [-0.15, -0.1) is 0 Å². The molecule has 2 nitrogen and oxygen atoms in total. The van der Waals surface area contributed by atoms with Crippen LogP contribution in [0.2, 0.25) is 0 Å². The summed E-state index contributed by atoms with van der Waals surface area (Å²) in [6.07, 6.45) is 0. The van der Waals surface area contributed by atoms with Crippen molar-refractivity contribution in [1.82, 2.24) is 0 Å². The van der Waals surface area contributed by atoms with Crippen molar-refractivity contribution in [3.63, 3.8) is 0 Å². The van der Waals surface area contributed by atoms with E-state index in [1.54, 1.807) is 6.92 Å². The highest BCUT2D eigenvalue weighted by atomic mass is 16.1. The number of carbonyl (C=O) groups excluding carboxylic acids is 1. The average molecular weight is 177 g/mol. The quantitative estimate of drug-likeness (QED) is 0.660. The van der Waals surface area contributed by atoms with E-state index in [9.17, 15) is 4.79 Å². The molecule has 0 aromatic heterocycles. The van der Waals surface area contributed by atoms with Crippen LogP contribution in [-0.2, 0) is 0 Å². The molecule has 1 rings (SSSR count). The lowest BCUT2D eigenvalue weighted by Gasteiger charge is -2.19. The topological polar surface area (TPSA) is 20.3 Å². The fourth-order valence-electron chi connectivity index (χ4n) is 1.27. The van der Waals surface area contributed by atoms with E-state index < -0.39 is 0 Å². The first-order chi connectivity index (χ1) is 6.16. The van der Waals surface area contributed by atoms with Gasteiger partial charge < -0.3 is 4.90 Å². The van der Waals surface area contributed by atoms with Crippen LogP contribution in [0, 0.1) is 0 Å². The molecular formula is C11H15NO. The largest absolute Gasteiger partial charge is 0.374 e. The molecule has 1 aromatic carbocycles. The molecule has 0 aliphatic heterocycles. The lowest BCUT2D eigenvalue weighted by atomic mass is 10.1. The minimum absolute atomic E-state index is 0.121. The van der Waals surface area contributed by atoms with E-state index in [0.29, 0.717) is 0 Å². The van der Waals surface area contributed by atoms with Gasteiger partial charge in [-0.1, -0.05) is 12.1 Å². The fourth-order valence-corrected chi connectivity index (χ4v) is 1.27. The van der Waals surface area contributed by atoms with Gasteiger partial charge in [0.25, 0.3) is 0 Å². The van der Waals surface area contributed by atoms with E-state index in [1.165, 1.54) is 0 Å². The van der Waals surface area contributed by atoms with E-state index in [1.807, 2.05) is 31.3 Å². The summed E-state index contributed by atoms with van der Waals surface area (Å²) in [7, 11) is 1.99. The van der Waals surface area contributed by atoms with Crippen LogP contribution >= 0.6 is 0 Å². The summed E-state index contributed by atoms with van der Waals surface area (Å²) < 4.78 is 0. The first-order valence-electron chi connectivity index (χ1n) is 4.48. The number of anilines is 1. The molecule has 0 heterocycles. The summed E-state index contributed by atoms with van der Waals surface area (Å²) in [5.74, 6) is 0.121. The van der Waals surface area contributed by atoms with Crippen LogP contribution in [0.4, 0.5) is 5.69 Å². The van der Waals surface area contributed by atoms with Crippen LogP contribution in [0.15, 0.2) is 24.3 Å². The second-order valence-electron chi connectivity index (χ2n) is 3.09. The number of benzene rings is 1. The smallest absolute Gasteiger partial charge is 0.161 e. The van der Waals surface area contributed by atoms with Crippen LogP contribution in [0.1, 0.15) is 24.2 Å². The highest BCUT2D eigenvalue weighted by Crippen LogP contribution is 2.18. The van der Waals surface area contributed by atoms with Gasteiger partial charge in [0, 0.05) is 24.8 Å². The summed E-state index contributed by atoms with van der Waals surface area (Å²) >= 11 is 0. The minimum Gasteiger partial charge on any atom is -0.374 e. The number of hydrogen-bond donors (Lipinski definition) is 0. The number of Topliss-reactive ketones (excluding diaryl/α,β-unsaturated/α-hetero) is 1. The van der Waals surface area contributed by atoms with Crippen LogP contribution in [0.5, 0.6) is 0 Å². The molecule has 0 atom stereocenters. The summed E-state index contributed by atoms with van der Waals surface area (Å²) in [4.78, 5) is 13.3. The number of rotatable bonds is 3. The van der Waals surface area contributed by atoms with Crippen molar-refractivity contribution in [2.45, 2.75) is 13.8 Å². The van der Waals surface area contributed by atoms with Crippen molar-refractivity contribution in [2.75, 3.05) is 18.5 Å². The molecule has 0 aliphatic rings. The molecule has 13 heavy (non-hydrogen) atoms. The van der Waals surface area contributed by atoms with Gasteiger partial charge in [0.1, 0.15) is 0 Å². The maximum absolute atomic E-state index is 11.3. The van der Waals surface area contributed by atoms with E-state index in [4.69, 9.17) is 0 Å². The Labute approximate surface area is 79.2 Å². The Hall–Kier alpha value is -1.31. The van der Waals surface area contributed by atoms with Gasteiger partial charge in [0.05, 0.1) is 0 Å². The predicted octanol–water partition coefficient (Wildman–Crippen LogP) is 2.35. The van der Waals surface area contributed by atoms with Gasteiger partial charge in [-0.25, -0.2) is 0 Å². The lowest BCUT2D eigenvalue weighted by Crippen LogP contribution is -2.18. The zero-order chi connectivity index (χ0) is 9.84. The van der Waals surface area contributed by atoms with Crippen LogP contribution in [0.25, 0.3) is 0 Å². The molecule has 70 valence electrons. The van der Waals surface area contributed by atoms with Crippen molar-refractivity contribution in [1.29, 1.82) is 0 Å². The summed E-state index contributed by atoms with van der Waals surface area (Å²) in [6.45, 7) is 4.57. The van der Waals surface area contributed by atoms with Gasteiger partial charge >= 0.3 is 0 Å². The second kappa shape index (κ2) is 4.08. The lowest BCUT2D eigenvalue weighted by molar-refractivity contribution is 0.101. The van der Waals surface area contributed by atoms with Crippen molar-refractivity contribution in [3.05, 3.63) is 29.8 Å². The zero-order valence-corrected chi connectivity index (χ0v) is 8.37. The van der Waals surface area contributed by atoms with Gasteiger partial charge in [0.2, 0.25) is 0 Å². The molecule has 0 fully saturated rings. The molecule has 0 spiro atoms. The third-order valence-corrected chi connectivity index (χ3v) is 2.17. The van der Waals surface area contributed by atoms with Crippen LogP contribution < -0.4 is 4.90 Å². The molecule has 0 saturated carbocycles. The minimum atomic E-state index is 0.121. The molecule has 1 aromatic rings. The molecule has 0 unspecified atom stereocenters. The SMILES string of the molecule is CCN(C)c1ccccc1C(C)=O. The van der Waals surface area contributed by atoms with Gasteiger partial charge in [-0.05, 0) is 26.0 Å². The van der Waals surface area contributed by atoms with Gasteiger partial charge in [0.15, 0.2) is 5.78 Å². The Balaban J connectivity index is 3.11. The Morgan fingerprint density at radius 3 is 2.54 bits per heavy atom. The molecule has 0 amide bonds. The van der Waals surface area contributed by atoms with Crippen molar-refractivity contribution in [3.8, 4) is 0 Å². The molecule has 0 saturated heterocycles. The Morgan fingerprint density at radius 2 is 2.00 bits per heavy atom. The molecule has 0 aliphatic carbocycles. The van der Waals surface area contributed by atoms with E-state index in [0.717, 1.165) is 17.8 Å². The molecule has 0 bridgehead atoms. The summed E-state index contributed by atoms with van der Waals surface area (Å²) in [6, 6.07) is 7.68. The van der Waals surface area contributed by atoms with Gasteiger partial charge in [-0.3, -0.25) is 4.79 Å². The molecule has 2 heteroatoms. The number of para-hydroxylation sites is 1. The van der Waals surface area contributed by atoms with E-state index in [2.05, 4.69) is 11.8 Å². The maximum Gasteiger partial charge on any atom is 0.161 e. The predicted molar refractivity (Wildman–Crippen MR) is 55.4 cm³/mol. The third kappa shape index (κ3) is 2.08. The normalized spacial score (nSPS) is 9.77. The van der Waals surface area contributed by atoms with Crippen molar-refractivity contribution >= 4 is 11.5 Å². The monoisotopic (exact) mass is 177 g/mol. The number of nitrogens with zero attached hydrogens (tertiary/aromatic N) is 1. The maximum atomic E-state index is 11.3. The zero-order valence-electron chi connectivity index (χ0n) is 8.37. The van der Waals surface area contributed by atoms with Crippen molar-refractivity contribution in [2.24, 2.45) is 0 Å². The summed E-state index contributed by atoms with van der Waals surface area (Å²) in [5.41, 5.74) is 1.81. The highest BCUT2D eigenvalue weighted by Gasteiger charge is 2.07. The fraction of sp³-hybridized carbons (Fsp3) is 0.364. The molecular weight excluding hydrogens is 162 g/mol. The van der Waals surface area contributed by atoms with E-state index in [-0.39, 0.29) is 5.78 Å². The first kappa shape index (κ1) is 9.78. The van der Waals surface area contributed by atoms with Crippen molar-refractivity contribution < 1.29 is 4.79 Å². The van der Waals surface area contributed by atoms with Crippen LogP contribution in [0.3, 0.4) is 0 Å². The number of carbonyl (C=O) groups is 1. The number of hydrogen-bond acceptors (Lipinski definition) is 2. The molecule has 0 N–H and O–H groups in total. The highest BCUT2D eigenvalue weighted by molar-refractivity contribution is 5.99. The Bertz CT molecular complexity index is 307. The second-order valence-corrected chi connectivity index (χ2v) is 3.09. The van der Waals surface area contributed by atoms with E-state index >= 15 is 0 Å². The Morgan fingerprint density at radius 1 is 1.38 bits per heavy atom. The average Bonchev–Trinajstić information content (AvgIpc) is 2.16. The standard InChI is InChI=1S/C11H15NO/c1-4-12(3)11-8-6-5-7-10(11)9(2)13/h5-8H,4H2,1-3H3. The Kier molecular flexibility index (Phi) is 3.07. The first-order valence-corrected chi connectivity index (χ1v) is 4.48. The van der Waals surface area contributed by atoms with Gasteiger partial charge in [-0.2, -0.15) is 0 Å².